The van der Waals surface area contributed by atoms with Gasteiger partial charge in [0, 0.05) is 12.2 Å². The molecule has 2 aromatic heterocycles. The monoisotopic (exact) mass is 258 g/mol. The van der Waals surface area contributed by atoms with Crippen molar-refractivity contribution in [3.8, 4) is 0 Å². The average molecular weight is 258 g/mol. The number of aromatic nitrogens is 3. The smallest absolute Gasteiger partial charge is 0.104 e. The van der Waals surface area contributed by atoms with Crippen LogP contribution in [0.2, 0.25) is 0 Å². The summed E-state index contributed by atoms with van der Waals surface area (Å²) in [7, 11) is 0. The SMILES string of the molecule is Cc1cc(C(CN)c2nc3ccccc3s2)n[nH]1. The van der Waals surface area contributed by atoms with Crippen LogP contribution < -0.4 is 5.73 Å². The first-order valence-corrected chi connectivity index (χ1v) is 6.67. The molecule has 3 aromatic rings. The Balaban J connectivity index is 2.05. The van der Waals surface area contributed by atoms with Crippen LogP contribution in [0.15, 0.2) is 30.3 Å². The molecule has 0 saturated heterocycles. The highest BCUT2D eigenvalue weighted by molar-refractivity contribution is 7.18. The number of benzene rings is 1. The second kappa shape index (κ2) is 4.51. The third-order valence-corrected chi connectivity index (χ3v) is 4.08. The fourth-order valence-electron chi connectivity index (χ4n) is 2.00. The summed E-state index contributed by atoms with van der Waals surface area (Å²) < 4.78 is 1.19. The molecule has 3 rings (SSSR count). The first-order valence-electron chi connectivity index (χ1n) is 5.85. The summed E-state index contributed by atoms with van der Waals surface area (Å²) in [6.45, 7) is 2.51. The molecule has 2 heterocycles. The number of rotatable bonds is 3. The summed E-state index contributed by atoms with van der Waals surface area (Å²) in [6.07, 6.45) is 0. The second-order valence-electron chi connectivity index (χ2n) is 4.28. The minimum absolute atomic E-state index is 0.0762. The lowest BCUT2D eigenvalue weighted by Gasteiger charge is -2.07. The maximum Gasteiger partial charge on any atom is 0.104 e. The molecule has 0 radical (unpaired) electrons. The van der Waals surface area contributed by atoms with Crippen molar-refractivity contribution in [1.82, 2.24) is 15.2 Å². The molecule has 4 nitrogen and oxygen atoms in total. The van der Waals surface area contributed by atoms with E-state index in [-0.39, 0.29) is 5.92 Å². The van der Waals surface area contributed by atoms with Crippen LogP contribution in [0.25, 0.3) is 10.2 Å². The number of hydrogen-bond acceptors (Lipinski definition) is 4. The molecule has 0 fully saturated rings. The van der Waals surface area contributed by atoms with Crippen molar-refractivity contribution in [2.75, 3.05) is 6.54 Å². The normalized spacial score (nSPS) is 13.0. The van der Waals surface area contributed by atoms with Gasteiger partial charge in [-0.25, -0.2) is 4.98 Å². The number of para-hydroxylation sites is 1. The summed E-state index contributed by atoms with van der Waals surface area (Å²) in [5.41, 5.74) is 8.92. The zero-order chi connectivity index (χ0) is 12.5. The van der Waals surface area contributed by atoms with Crippen molar-refractivity contribution in [3.63, 3.8) is 0 Å². The Hall–Kier alpha value is -1.72. The maximum atomic E-state index is 5.88. The van der Waals surface area contributed by atoms with Gasteiger partial charge in [-0.05, 0) is 25.1 Å². The summed E-state index contributed by atoms with van der Waals surface area (Å²) in [5.74, 6) is 0.0762. The van der Waals surface area contributed by atoms with Gasteiger partial charge in [0.15, 0.2) is 0 Å². The quantitative estimate of drug-likeness (QED) is 0.758. The number of nitrogens with zero attached hydrogens (tertiary/aromatic N) is 2. The third kappa shape index (κ3) is 1.91. The molecule has 0 saturated carbocycles. The van der Waals surface area contributed by atoms with Crippen LogP contribution in [-0.4, -0.2) is 21.7 Å². The lowest BCUT2D eigenvalue weighted by Crippen LogP contribution is -2.14. The maximum absolute atomic E-state index is 5.88. The van der Waals surface area contributed by atoms with Gasteiger partial charge < -0.3 is 5.73 Å². The highest BCUT2D eigenvalue weighted by atomic mass is 32.1. The van der Waals surface area contributed by atoms with Crippen molar-refractivity contribution in [2.24, 2.45) is 5.73 Å². The fourth-order valence-corrected chi connectivity index (χ4v) is 3.10. The van der Waals surface area contributed by atoms with Gasteiger partial charge in [-0.2, -0.15) is 5.10 Å². The van der Waals surface area contributed by atoms with E-state index in [1.54, 1.807) is 11.3 Å². The predicted octanol–water partition coefficient (Wildman–Crippen LogP) is 2.42. The molecule has 5 heteroatoms. The number of fused-ring (bicyclic) bond motifs is 1. The van der Waals surface area contributed by atoms with E-state index in [1.165, 1.54) is 4.70 Å². The second-order valence-corrected chi connectivity index (χ2v) is 5.35. The Morgan fingerprint density at radius 3 is 2.89 bits per heavy atom. The van der Waals surface area contributed by atoms with Crippen LogP contribution in [0.5, 0.6) is 0 Å². The number of aromatic amines is 1. The van der Waals surface area contributed by atoms with Crippen LogP contribution in [0, 0.1) is 6.92 Å². The van der Waals surface area contributed by atoms with Gasteiger partial charge in [-0.1, -0.05) is 12.1 Å². The van der Waals surface area contributed by atoms with Crippen LogP contribution >= 0.6 is 11.3 Å². The fraction of sp³-hybridized carbons (Fsp3) is 0.231. The van der Waals surface area contributed by atoms with E-state index in [4.69, 9.17) is 5.73 Å². The molecule has 0 amide bonds. The van der Waals surface area contributed by atoms with Crippen molar-refractivity contribution in [1.29, 1.82) is 0 Å². The molecule has 92 valence electrons. The van der Waals surface area contributed by atoms with Gasteiger partial charge in [0.05, 0.1) is 21.8 Å². The molecular formula is C13H14N4S. The Morgan fingerprint density at radius 2 is 2.22 bits per heavy atom. The Kier molecular flexibility index (Phi) is 2.85. The van der Waals surface area contributed by atoms with Crippen LogP contribution in [0.1, 0.15) is 22.3 Å². The van der Waals surface area contributed by atoms with E-state index in [1.807, 2.05) is 31.2 Å². The van der Waals surface area contributed by atoms with Gasteiger partial charge in [-0.3, -0.25) is 5.10 Å². The number of nitrogens with two attached hydrogens (primary N) is 1. The molecule has 0 spiro atoms. The Labute approximate surface area is 109 Å². The molecule has 0 bridgehead atoms. The van der Waals surface area contributed by atoms with Gasteiger partial charge in [0.1, 0.15) is 5.01 Å². The molecule has 1 atom stereocenters. The Bertz CT molecular complexity index is 637. The number of thiazole rings is 1. The van der Waals surface area contributed by atoms with Gasteiger partial charge in [-0.15, -0.1) is 11.3 Å². The molecule has 3 N–H and O–H groups in total. The van der Waals surface area contributed by atoms with Crippen molar-refractivity contribution < 1.29 is 0 Å². The van der Waals surface area contributed by atoms with E-state index in [0.717, 1.165) is 21.9 Å². The lowest BCUT2D eigenvalue weighted by molar-refractivity contribution is 0.774. The molecule has 0 aliphatic heterocycles. The van der Waals surface area contributed by atoms with E-state index < -0.39 is 0 Å². The first kappa shape index (κ1) is 11.4. The summed E-state index contributed by atoms with van der Waals surface area (Å²) in [6, 6.07) is 10.2. The summed E-state index contributed by atoms with van der Waals surface area (Å²) in [5, 5.41) is 8.29. The van der Waals surface area contributed by atoms with E-state index in [9.17, 15) is 0 Å². The van der Waals surface area contributed by atoms with Crippen molar-refractivity contribution in [2.45, 2.75) is 12.8 Å². The standard InChI is InChI=1S/C13H14N4S/c1-8-6-11(17-16-8)9(7-14)13-15-10-4-2-3-5-12(10)18-13/h2-6,9H,7,14H2,1H3,(H,16,17). The van der Waals surface area contributed by atoms with Crippen LogP contribution in [-0.2, 0) is 0 Å². The van der Waals surface area contributed by atoms with Crippen LogP contribution in [0.3, 0.4) is 0 Å². The van der Waals surface area contributed by atoms with Crippen LogP contribution in [0.4, 0.5) is 0 Å². The Morgan fingerprint density at radius 1 is 1.39 bits per heavy atom. The number of H-pyrrole nitrogens is 1. The summed E-state index contributed by atoms with van der Waals surface area (Å²) in [4.78, 5) is 4.65. The molecule has 0 aliphatic carbocycles. The van der Waals surface area contributed by atoms with Gasteiger partial charge >= 0.3 is 0 Å². The molecule has 18 heavy (non-hydrogen) atoms. The number of hydrogen-bond donors (Lipinski definition) is 2. The lowest BCUT2D eigenvalue weighted by atomic mass is 10.1. The molecule has 1 unspecified atom stereocenters. The minimum atomic E-state index is 0.0762. The zero-order valence-corrected chi connectivity index (χ0v) is 10.9. The van der Waals surface area contributed by atoms with Gasteiger partial charge in [0.25, 0.3) is 0 Å². The zero-order valence-electron chi connectivity index (χ0n) is 10.1. The predicted molar refractivity (Wildman–Crippen MR) is 73.8 cm³/mol. The largest absolute Gasteiger partial charge is 0.329 e. The highest BCUT2D eigenvalue weighted by Crippen LogP contribution is 2.30. The van der Waals surface area contributed by atoms with Crippen molar-refractivity contribution in [3.05, 3.63) is 46.7 Å². The van der Waals surface area contributed by atoms with E-state index in [2.05, 4.69) is 21.2 Å². The first-order chi connectivity index (χ1) is 8.78. The highest BCUT2D eigenvalue weighted by Gasteiger charge is 2.19. The van der Waals surface area contributed by atoms with Gasteiger partial charge in [0.2, 0.25) is 0 Å². The molecule has 1 aromatic carbocycles. The average Bonchev–Trinajstić information content (AvgIpc) is 2.96. The third-order valence-electron chi connectivity index (χ3n) is 2.93. The topological polar surface area (TPSA) is 67.6 Å². The summed E-state index contributed by atoms with van der Waals surface area (Å²) >= 11 is 1.69. The van der Waals surface area contributed by atoms with E-state index >= 15 is 0 Å². The number of aryl methyl sites for hydroxylation is 1. The molecular weight excluding hydrogens is 244 g/mol. The minimum Gasteiger partial charge on any atom is -0.329 e. The molecule has 0 aliphatic rings. The van der Waals surface area contributed by atoms with Crippen molar-refractivity contribution >= 4 is 21.6 Å². The number of nitrogens with one attached hydrogen (secondary N) is 1. The van der Waals surface area contributed by atoms with E-state index in [0.29, 0.717) is 6.54 Å².